The van der Waals surface area contributed by atoms with Gasteiger partial charge in [0.25, 0.3) is 5.91 Å². The van der Waals surface area contributed by atoms with Crippen LogP contribution < -0.4 is 0 Å². The van der Waals surface area contributed by atoms with Gasteiger partial charge in [-0.1, -0.05) is 11.6 Å². The zero-order valence-electron chi connectivity index (χ0n) is 13.2. The summed E-state index contributed by atoms with van der Waals surface area (Å²) in [6, 6.07) is 4.69. The molecule has 3 rings (SSSR count). The highest BCUT2D eigenvalue weighted by molar-refractivity contribution is 7.14. The standard InChI is InChI=1S/C17H13ClN2O4S/c1-8-10(6-14(22)23)15-11(3-4-12(21)16(15)18)20(8)17(24)13-5-2-9(7-19)25-13/h2,5,11H,3-4,6H2,1H3,(H,22,23). The molecule has 0 radical (unpaired) electrons. The molecule has 2 aliphatic rings. The van der Waals surface area contributed by atoms with Gasteiger partial charge in [-0.25, -0.2) is 0 Å². The van der Waals surface area contributed by atoms with E-state index in [0.29, 0.717) is 33.0 Å². The lowest BCUT2D eigenvalue weighted by Gasteiger charge is -2.29. The maximum atomic E-state index is 13.0. The Morgan fingerprint density at radius 1 is 1.48 bits per heavy atom. The van der Waals surface area contributed by atoms with Crippen LogP contribution in [0.3, 0.4) is 0 Å². The fourth-order valence-electron chi connectivity index (χ4n) is 3.28. The highest BCUT2D eigenvalue weighted by atomic mass is 35.5. The van der Waals surface area contributed by atoms with Gasteiger partial charge in [0.1, 0.15) is 10.9 Å². The van der Waals surface area contributed by atoms with E-state index in [9.17, 15) is 19.5 Å². The number of carbonyl (C=O) groups excluding carboxylic acids is 2. The molecule has 0 fully saturated rings. The van der Waals surface area contributed by atoms with Crippen molar-refractivity contribution in [3.63, 3.8) is 0 Å². The van der Waals surface area contributed by atoms with E-state index in [-0.39, 0.29) is 29.6 Å². The number of carbonyl (C=O) groups is 3. The van der Waals surface area contributed by atoms with Crippen LogP contribution in [0.2, 0.25) is 0 Å². The second kappa shape index (κ2) is 6.47. The quantitative estimate of drug-likeness (QED) is 0.874. The van der Waals surface area contributed by atoms with Crippen molar-refractivity contribution in [1.29, 1.82) is 5.26 Å². The number of nitrogens with zero attached hydrogens (tertiary/aromatic N) is 2. The normalized spacial score (nSPS) is 20.0. The average molecular weight is 377 g/mol. The summed E-state index contributed by atoms with van der Waals surface area (Å²) in [7, 11) is 0. The summed E-state index contributed by atoms with van der Waals surface area (Å²) in [4.78, 5) is 38.5. The largest absolute Gasteiger partial charge is 0.481 e. The predicted molar refractivity (Wildman–Crippen MR) is 91.1 cm³/mol. The number of thiophene rings is 1. The molecule has 1 aromatic rings. The number of amides is 1. The van der Waals surface area contributed by atoms with E-state index in [4.69, 9.17) is 16.9 Å². The Labute approximate surface area is 152 Å². The Morgan fingerprint density at radius 3 is 2.80 bits per heavy atom. The summed E-state index contributed by atoms with van der Waals surface area (Å²) in [6.07, 6.45) is 0.296. The summed E-state index contributed by atoms with van der Waals surface area (Å²) in [5, 5.41) is 18.1. The lowest BCUT2D eigenvalue weighted by molar-refractivity contribution is -0.136. The molecule has 0 aromatic carbocycles. The number of aliphatic carboxylic acids is 1. The third kappa shape index (κ3) is 2.88. The molecule has 6 nitrogen and oxygen atoms in total. The number of fused-ring (bicyclic) bond motifs is 1. The Balaban J connectivity index is 2.09. The number of carboxylic acids is 1. The maximum absolute atomic E-state index is 13.0. The number of carboxylic acid groups (broad SMARTS) is 1. The first-order chi connectivity index (χ1) is 11.8. The van der Waals surface area contributed by atoms with E-state index in [1.807, 2.05) is 6.07 Å². The molecule has 1 aliphatic carbocycles. The summed E-state index contributed by atoms with van der Waals surface area (Å²) >= 11 is 7.26. The zero-order valence-corrected chi connectivity index (χ0v) is 14.8. The molecule has 1 N–H and O–H groups in total. The van der Waals surface area contributed by atoms with Crippen LogP contribution in [0.1, 0.15) is 40.7 Å². The molecular weight excluding hydrogens is 364 g/mol. The Kier molecular flexibility index (Phi) is 4.50. The van der Waals surface area contributed by atoms with Crippen molar-refractivity contribution in [2.75, 3.05) is 0 Å². The maximum Gasteiger partial charge on any atom is 0.307 e. The van der Waals surface area contributed by atoms with Crippen LogP contribution in [-0.4, -0.2) is 33.7 Å². The lowest BCUT2D eigenvalue weighted by atomic mass is 9.89. The van der Waals surface area contributed by atoms with E-state index in [1.54, 1.807) is 19.1 Å². The van der Waals surface area contributed by atoms with Gasteiger partial charge in [-0.3, -0.25) is 14.4 Å². The molecule has 1 amide bonds. The highest BCUT2D eigenvalue weighted by Gasteiger charge is 2.43. The van der Waals surface area contributed by atoms with Gasteiger partial charge in [-0.15, -0.1) is 11.3 Å². The van der Waals surface area contributed by atoms with Crippen LogP contribution >= 0.6 is 22.9 Å². The Morgan fingerprint density at radius 2 is 2.20 bits per heavy atom. The highest BCUT2D eigenvalue weighted by Crippen LogP contribution is 2.44. The molecule has 0 saturated carbocycles. The number of rotatable bonds is 3. The molecule has 0 saturated heterocycles. The minimum atomic E-state index is -1.06. The molecule has 1 aliphatic heterocycles. The van der Waals surface area contributed by atoms with Crippen molar-refractivity contribution in [3.05, 3.63) is 43.8 Å². The summed E-state index contributed by atoms with van der Waals surface area (Å²) in [5.41, 5.74) is 1.36. The number of ketones is 1. The van der Waals surface area contributed by atoms with E-state index in [2.05, 4.69) is 0 Å². The first kappa shape index (κ1) is 17.4. The molecular formula is C17H13ClN2O4S. The SMILES string of the molecule is CC1=C(CC(=O)O)C2=C(Cl)C(=O)CCC2N1C(=O)c1ccc(C#N)s1. The predicted octanol–water partition coefficient (Wildman–Crippen LogP) is 3.05. The minimum absolute atomic E-state index is 0.0195. The third-order valence-corrected chi connectivity index (χ3v) is 5.76. The van der Waals surface area contributed by atoms with Gasteiger partial charge < -0.3 is 10.0 Å². The van der Waals surface area contributed by atoms with E-state index in [0.717, 1.165) is 11.3 Å². The number of hydrogen-bond acceptors (Lipinski definition) is 5. The smallest absolute Gasteiger partial charge is 0.307 e. The van der Waals surface area contributed by atoms with Crippen molar-refractivity contribution < 1.29 is 19.5 Å². The van der Waals surface area contributed by atoms with Crippen molar-refractivity contribution in [2.24, 2.45) is 0 Å². The first-order valence-electron chi connectivity index (χ1n) is 7.53. The third-order valence-electron chi connectivity index (χ3n) is 4.37. The number of nitriles is 1. The number of hydrogen-bond donors (Lipinski definition) is 1. The molecule has 128 valence electrons. The van der Waals surface area contributed by atoms with Gasteiger partial charge in [0.05, 0.1) is 22.4 Å². The number of halogens is 1. The summed E-state index contributed by atoms with van der Waals surface area (Å²) in [5.74, 6) is -1.60. The van der Waals surface area contributed by atoms with Crippen LogP contribution in [0.5, 0.6) is 0 Å². The van der Waals surface area contributed by atoms with Crippen molar-refractivity contribution >= 4 is 40.6 Å². The Bertz CT molecular complexity index is 906. The van der Waals surface area contributed by atoms with Gasteiger partial charge in [-0.2, -0.15) is 5.26 Å². The van der Waals surface area contributed by atoms with Crippen molar-refractivity contribution in [1.82, 2.24) is 4.90 Å². The van der Waals surface area contributed by atoms with Crippen LogP contribution in [0.15, 0.2) is 34.0 Å². The summed E-state index contributed by atoms with van der Waals surface area (Å²) < 4.78 is 0. The van der Waals surface area contributed by atoms with Crippen LogP contribution in [0.25, 0.3) is 0 Å². The van der Waals surface area contributed by atoms with Gasteiger partial charge in [0.15, 0.2) is 5.78 Å². The zero-order chi connectivity index (χ0) is 18.3. The molecule has 25 heavy (non-hydrogen) atoms. The Hall–Kier alpha value is -2.43. The van der Waals surface area contributed by atoms with E-state index >= 15 is 0 Å². The average Bonchev–Trinajstić information content (AvgIpc) is 3.14. The molecule has 1 aromatic heterocycles. The second-order valence-corrected chi connectivity index (χ2v) is 7.25. The van der Waals surface area contributed by atoms with E-state index in [1.165, 1.54) is 4.90 Å². The van der Waals surface area contributed by atoms with Gasteiger partial charge in [0, 0.05) is 17.7 Å². The van der Waals surface area contributed by atoms with Gasteiger partial charge >= 0.3 is 5.97 Å². The van der Waals surface area contributed by atoms with Crippen molar-refractivity contribution in [3.8, 4) is 6.07 Å². The van der Waals surface area contributed by atoms with Gasteiger partial charge in [-0.05, 0) is 31.1 Å². The monoisotopic (exact) mass is 376 g/mol. The minimum Gasteiger partial charge on any atom is -0.481 e. The van der Waals surface area contributed by atoms with Crippen LogP contribution in [0.4, 0.5) is 0 Å². The summed E-state index contributed by atoms with van der Waals surface area (Å²) in [6.45, 7) is 1.66. The molecule has 8 heteroatoms. The molecule has 0 bridgehead atoms. The fraction of sp³-hybridized carbons (Fsp3) is 0.294. The fourth-order valence-corrected chi connectivity index (χ4v) is 4.36. The number of Topliss-reactive ketones (excluding diaryl/α,β-unsaturated/α-hetero) is 1. The number of allylic oxidation sites excluding steroid dienone is 2. The molecule has 0 spiro atoms. The van der Waals surface area contributed by atoms with Crippen LogP contribution in [-0.2, 0) is 9.59 Å². The molecule has 1 unspecified atom stereocenters. The molecule has 2 heterocycles. The van der Waals surface area contributed by atoms with E-state index < -0.39 is 12.0 Å². The van der Waals surface area contributed by atoms with Gasteiger partial charge in [0.2, 0.25) is 0 Å². The van der Waals surface area contributed by atoms with Crippen LogP contribution in [0, 0.1) is 11.3 Å². The van der Waals surface area contributed by atoms with Crippen molar-refractivity contribution in [2.45, 2.75) is 32.2 Å². The second-order valence-electron chi connectivity index (χ2n) is 5.79. The topological polar surface area (TPSA) is 98.5 Å². The first-order valence-corrected chi connectivity index (χ1v) is 8.72. The lowest BCUT2D eigenvalue weighted by Crippen LogP contribution is -2.38. The molecule has 1 atom stereocenters.